The molecule has 0 bridgehead atoms. The van der Waals surface area contributed by atoms with Gasteiger partial charge < -0.3 is 4.52 Å². The van der Waals surface area contributed by atoms with E-state index in [1.54, 1.807) is 12.1 Å². The van der Waals surface area contributed by atoms with E-state index in [0.29, 0.717) is 5.75 Å². The zero-order valence-electron chi connectivity index (χ0n) is 17.3. The molecule has 0 fully saturated rings. The molecule has 1 N–H and O–H groups in total. The largest absolute Gasteiger partial charge is 0.527 e. The second-order valence-electron chi connectivity index (χ2n) is 7.24. The first kappa shape index (κ1) is 27.7. The highest BCUT2D eigenvalue weighted by atomic mass is 31.2. The fourth-order valence-corrected chi connectivity index (χ4v) is 4.00. The molecular formula is C22H42AlO4P. The lowest BCUT2D eigenvalue weighted by molar-refractivity contribution is 0.199. The number of hydrogen-bond donors (Lipinski definition) is 1. The smallest absolute Gasteiger partial charge is 0.404 e. The van der Waals surface area contributed by atoms with E-state index in [0.717, 1.165) is 31.2 Å². The first-order chi connectivity index (χ1) is 13.1. The van der Waals surface area contributed by atoms with Gasteiger partial charge in [0.1, 0.15) is 5.75 Å². The molecule has 4 nitrogen and oxygen atoms in total. The molecular weight excluding hydrogens is 386 g/mol. The Kier molecular flexibility index (Phi) is 17.4. The Morgan fingerprint density at radius 1 is 0.821 bits per heavy atom. The zero-order chi connectivity index (χ0) is 19.8. The number of phosphoric ester groups is 1. The van der Waals surface area contributed by atoms with Crippen LogP contribution in [0.5, 0.6) is 5.75 Å². The number of hydrogen-bond acceptors (Lipinski definition) is 3. The van der Waals surface area contributed by atoms with E-state index in [-0.39, 0.29) is 24.0 Å². The Labute approximate surface area is 183 Å². The fourth-order valence-electron chi connectivity index (χ4n) is 3.16. The molecule has 0 heterocycles. The summed E-state index contributed by atoms with van der Waals surface area (Å²) in [5, 5.41) is 0. The van der Waals surface area contributed by atoms with Gasteiger partial charge in [-0.25, -0.2) is 4.57 Å². The molecule has 0 aliphatic rings. The van der Waals surface area contributed by atoms with E-state index in [1.165, 1.54) is 57.8 Å². The lowest BCUT2D eigenvalue weighted by atomic mass is 10.1. The first-order valence-corrected chi connectivity index (χ1v) is 12.3. The van der Waals surface area contributed by atoms with Gasteiger partial charge in [0.25, 0.3) is 0 Å². The summed E-state index contributed by atoms with van der Waals surface area (Å²) in [6.45, 7) is 4.50. The monoisotopic (exact) mass is 428 g/mol. The predicted octanol–water partition coefficient (Wildman–Crippen LogP) is 6.26. The second kappa shape index (κ2) is 17.6. The van der Waals surface area contributed by atoms with Crippen LogP contribution in [0.15, 0.2) is 24.3 Å². The summed E-state index contributed by atoms with van der Waals surface area (Å²) >= 11 is 0. The first-order valence-electron chi connectivity index (χ1n) is 10.8. The van der Waals surface area contributed by atoms with Crippen LogP contribution in [0.4, 0.5) is 0 Å². The van der Waals surface area contributed by atoms with Gasteiger partial charge in [0.05, 0.1) is 6.61 Å². The molecule has 1 aromatic rings. The average molecular weight is 429 g/mol. The Hall–Kier alpha value is -0.298. The number of phosphoric acid groups is 1. The molecule has 0 spiro atoms. The van der Waals surface area contributed by atoms with Gasteiger partial charge in [0.15, 0.2) is 17.4 Å². The fraction of sp³-hybridized carbons (Fsp3) is 0.727. The van der Waals surface area contributed by atoms with Crippen molar-refractivity contribution >= 4 is 25.2 Å². The number of rotatable bonds is 17. The highest BCUT2D eigenvalue weighted by Crippen LogP contribution is 2.45. The van der Waals surface area contributed by atoms with Gasteiger partial charge in [-0.05, 0) is 24.5 Å². The summed E-state index contributed by atoms with van der Waals surface area (Å²) in [5.74, 6) is 0.431. The van der Waals surface area contributed by atoms with E-state index in [2.05, 4.69) is 6.92 Å². The lowest BCUT2D eigenvalue weighted by Crippen LogP contribution is -2.01. The van der Waals surface area contributed by atoms with Gasteiger partial charge in [-0.2, -0.15) is 0 Å². The molecule has 0 amide bonds. The van der Waals surface area contributed by atoms with Crippen LogP contribution < -0.4 is 4.52 Å². The van der Waals surface area contributed by atoms with Gasteiger partial charge in [0, 0.05) is 0 Å². The summed E-state index contributed by atoms with van der Waals surface area (Å²) < 4.78 is 22.4. The highest BCUT2D eigenvalue weighted by molar-refractivity contribution is 7.47. The molecule has 6 heteroatoms. The minimum atomic E-state index is -4.04. The van der Waals surface area contributed by atoms with Crippen molar-refractivity contribution < 1.29 is 18.5 Å². The van der Waals surface area contributed by atoms with Gasteiger partial charge in [0.2, 0.25) is 0 Å². The third-order valence-electron chi connectivity index (χ3n) is 4.82. The number of benzene rings is 1. The van der Waals surface area contributed by atoms with Crippen molar-refractivity contribution in [1.82, 2.24) is 0 Å². The van der Waals surface area contributed by atoms with Crippen LogP contribution in [0.1, 0.15) is 96.5 Å². The topological polar surface area (TPSA) is 55.8 Å². The molecule has 1 atom stereocenters. The number of para-hydroxylation sites is 1. The van der Waals surface area contributed by atoms with Crippen molar-refractivity contribution in [3.05, 3.63) is 29.8 Å². The molecule has 162 valence electrons. The SMILES string of the molecule is CCCCCCCCCCCCCCOP(=O)(O)Oc1ccccc1CC.[AlH3]. The maximum absolute atomic E-state index is 12.1. The molecule has 0 saturated carbocycles. The van der Waals surface area contributed by atoms with Crippen LogP contribution in [-0.2, 0) is 15.5 Å². The molecule has 1 aromatic carbocycles. The average Bonchev–Trinajstić information content (AvgIpc) is 2.65. The molecule has 0 aromatic heterocycles. The third kappa shape index (κ3) is 13.8. The minimum absolute atomic E-state index is 0. The zero-order valence-corrected chi connectivity index (χ0v) is 18.2. The summed E-state index contributed by atoms with van der Waals surface area (Å²) in [4.78, 5) is 9.88. The van der Waals surface area contributed by atoms with Crippen molar-refractivity contribution in [2.75, 3.05) is 6.61 Å². The maximum atomic E-state index is 12.1. The van der Waals surface area contributed by atoms with Gasteiger partial charge in [-0.3, -0.25) is 9.42 Å². The Morgan fingerprint density at radius 2 is 1.32 bits per heavy atom. The Bertz CT molecular complexity index is 539. The van der Waals surface area contributed by atoms with Gasteiger partial charge in [-0.15, -0.1) is 0 Å². The maximum Gasteiger partial charge on any atom is 0.527 e. The summed E-state index contributed by atoms with van der Waals surface area (Å²) in [5.41, 5.74) is 0.903. The predicted molar refractivity (Wildman–Crippen MR) is 123 cm³/mol. The van der Waals surface area contributed by atoms with E-state index in [9.17, 15) is 9.46 Å². The summed E-state index contributed by atoms with van der Waals surface area (Å²) in [6.07, 6.45) is 15.8. The van der Waals surface area contributed by atoms with Crippen molar-refractivity contribution in [1.29, 1.82) is 0 Å². The quantitative estimate of drug-likeness (QED) is 0.181. The van der Waals surface area contributed by atoms with E-state index < -0.39 is 7.82 Å². The van der Waals surface area contributed by atoms with Gasteiger partial charge in [-0.1, -0.05) is 103 Å². The lowest BCUT2D eigenvalue weighted by Gasteiger charge is -2.15. The number of aryl methyl sites for hydroxylation is 1. The van der Waals surface area contributed by atoms with Crippen LogP contribution in [0.2, 0.25) is 0 Å². The highest BCUT2D eigenvalue weighted by Gasteiger charge is 2.23. The van der Waals surface area contributed by atoms with Crippen LogP contribution in [-0.4, -0.2) is 28.9 Å². The summed E-state index contributed by atoms with van der Waals surface area (Å²) in [7, 11) is -4.04. The van der Waals surface area contributed by atoms with Crippen molar-refractivity contribution in [3.8, 4) is 5.75 Å². The number of unbranched alkanes of at least 4 members (excludes halogenated alkanes) is 11. The molecule has 1 unspecified atom stereocenters. The molecule has 1 rings (SSSR count). The van der Waals surface area contributed by atoms with Gasteiger partial charge >= 0.3 is 7.82 Å². The van der Waals surface area contributed by atoms with Crippen LogP contribution in [0.25, 0.3) is 0 Å². The van der Waals surface area contributed by atoms with Crippen LogP contribution in [0.3, 0.4) is 0 Å². The van der Waals surface area contributed by atoms with Crippen molar-refractivity contribution in [3.63, 3.8) is 0 Å². The molecule has 28 heavy (non-hydrogen) atoms. The minimum Gasteiger partial charge on any atom is -0.404 e. The van der Waals surface area contributed by atoms with E-state index in [1.807, 2.05) is 19.1 Å². The second-order valence-corrected chi connectivity index (χ2v) is 8.62. The summed E-state index contributed by atoms with van der Waals surface area (Å²) in [6, 6.07) is 7.27. The van der Waals surface area contributed by atoms with Crippen molar-refractivity contribution in [2.45, 2.75) is 97.3 Å². The molecule has 0 aliphatic carbocycles. The Morgan fingerprint density at radius 3 is 1.86 bits per heavy atom. The van der Waals surface area contributed by atoms with Crippen LogP contribution >= 0.6 is 7.82 Å². The van der Waals surface area contributed by atoms with E-state index in [4.69, 9.17) is 9.05 Å². The molecule has 0 aliphatic heterocycles. The standard InChI is InChI=1S/C22H39O4P.Al.3H/c1-3-5-6-7-8-9-10-11-12-13-14-17-20-25-27(23,24)26-22-19-16-15-18-21(22)4-2;;;;/h15-16,18-19H,3-14,17,20H2,1-2H3,(H,23,24);;;;. The van der Waals surface area contributed by atoms with Crippen molar-refractivity contribution in [2.24, 2.45) is 0 Å². The third-order valence-corrected chi connectivity index (χ3v) is 5.76. The van der Waals surface area contributed by atoms with E-state index >= 15 is 0 Å². The normalized spacial score (nSPS) is 13.0. The molecule has 0 saturated heterocycles. The molecule has 0 radical (unpaired) electrons. The van der Waals surface area contributed by atoms with Crippen LogP contribution in [0, 0.1) is 0 Å². The Balaban J connectivity index is 0.00000729.